The number of benzene rings is 1. The largest absolute Gasteiger partial charge is 0.416 e. The van der Waals surface area contributed by atoms with E-state index < -0.39 is 11.7 Å². The van der Waals surface area contributed by atoms with Crippen LogP contribution in [0.1, 0.15) is 30.4 Å². The predicted octanol–water partition coefficient (Wildman–Crippen LogP) is 3.22. The number of hydrogen-bond acceptors (Lipinski definition) is 2. The molecule has 0 saturated heterocycles. The zero-order chi connectivity index (χ0) is 14.6. The molecule has 0 aliphatic heterocycles. The van der Waals surface area contributed by atoms with Gasteiger partial charge in [-0.1, -0.05) is 19.1 Å². The van der Waals surface area contributed by atoms with E-state index in [0.29, 0.717) is 5.56 Å². The van der Waals surface area contributed by atoms with Gasteiger partial charge in [-0.3, -0.25) is 9.63 Å². The fraction of sp³-hybridized carbons (Fsp3) is 0.462. The summed E-state index contributed by atoms with van der Waals surface area (Å²) in [4.78, 5) is 16.4. The van der Waals surface area contributed by atoms with Crippen molar-refractivity contribution in [1.82, 2.24) is 5.06 Å². The standard InChI is InChI=1S/C13H16F3NO2/c1-9(8-12(18)17(2)19-3)10-4-6-11(7-5-10)13(14,15)16/h4-7,9H,8H2,1-3H3. The zero-order valence-corrected chi connectivity index (χ0v) is 11.0. The van der Waals surface area contributed by atoms with Gasteiger partial charge in [-0.15, -0.1) is 0 Å². The molecule has 0 aliphatic carbocycles. The first-order chi connectivity index (χ1) is 8.75. The fourth-order valence-electron chi connectivity index (χ4n) is 1.61. The van der Waals surface area contributed by atoms with Crippen molar-refractivity contribution in [3.8, 4) is 0 Å². The minimum Gasteiger partial charge on any atom is -0.275 e. The van der Waals surface area contributed by atoms with E-state index >= 15 is 0 Å². The average molecular weight is 275 g/mol. The van der Waals surface area contributed by atoms with Gasteiger partial charge in [0.1, 0.15) is 0 Å². The van der Waals surface area contributed by atoms with Gasteiger partial charge < -0.3 is 0 Å². The molecule has 1 rings (SSSR count). The Hall–Kier alpha value is -1.56. The Kier molecular flexibility index (Phi) is 4.94. The highest BCUT2D eigenvalue weighted by atomic mass is 19.4. The van der Waals surface area contributed by atoms with E-state index in [0.717, 1.165) is 17.2 Å². The van der Waals surface area contributed by atoms with Gasteiger partial charge in [-0.05, 0) is 23.6 Å². The Bertz CT molecular complexity index is 429. The molecule has 19 heavy (non-hydrogen) atoms. The topological polar surface area (TPSA) is 29.5 Å². The number of hydroxylamine groups is 2. The van der Waals surface area contributed by atoms with Crippen LogP contribution >= 0.6 is 0 Å². The summed E-state index contributed by atoms with van der Waals surface area (Å²) in [6.07, 6.45) is -4.16. The second-order valence-electron chi connectivity index (χ2n) is 4.30. The van der Waals surface area contributed by atoms with E-state index in [4.69, 9.17) is 4.84 Å². The van der Waals surface area contributed by atoms with Gasteiger partial charge in [0.05, 0.1) is 12.7 Å². The maximum atomic E-state index is 12.4. The first kappa shape index (κ1) is 15.5. The van der Waals surface area contributed by atoms with E-state index in [1.54, 1.807) is 6.92 Å². The van der Waals surface area contributed by atoms with Crippen LogP contribution in [-0.4, -0.2) is 25.1 Å². The molecular formula is C13H16F3NO2. The first-order valence-corrected chi connectivity index (χ1v) is 5.73. The average Bonchev–Trinajstić information content (AvgIpc) is 2.36. The molecule has 0 aliphatic rings. The molecule has 3 nitrogen and oxygen atoms in total. The number of hydrogen-bond donors (Lipinski definition) is 0. The van der Waals surface area contributed by atoms with Crippen molar-refractivity contribution >= 4 is 5.91 Å². The van der Waals surface area contributed by atoms with Gasteiger partial charge in [0.2, 0.25) is 5.91 Å². The quantitative estimate of drug-likeness (QED) is 0.790. The Morgan fingerprint density at radius 3 is 2.26 bits per heavy atom. The van der Waals surface area contributed by atoms with Gasteiger partial charge in [0, 0.05) is 13.5 Å². The van der Waals surface area contributed by atoms with E-state index in [-0.39, 0.29) is 18.2 Å². The lowest BCUT2D eigenvalue weighted by Crippen LogP contribution is -2.26. The molecule has 106 valence electrons. The monoisotopic (exact) mass is 275 g/mol. The number of amides is 1. The van der Waals surface area contributed by atoms with E-state index in [1.807, 2.05) is 0 Å². The minimum atomic E-state index is -4.34. The third kappa shape index (κ3) is 4.24. The van der Waals surface area contributed by atoms with Crippen LogP contribution in [0.25, 0.3) is 0 Å². The summed E-state index contributed by atoms with van der Waals surface area (Å²) in [5, 5.41) is 1.10. The maximum absolute atomic E-state index is 12.4. The van der Waals surface area contributed by atoms with Crippen LogP contribution in [0.5, 0.6) is 0 Å². The summed E-state index contributed by atoms with van der Waals surface area (Å²) in [5.74, 6) is -0.401. The summed E-state index contributed by atoms with van der Waals surface area (Å²) < 4.78 is 37.2. The van der Waals surface area contributed by atoms with Crippen LogP contribution in [0.4, 0.5) is 13.2 Å². The molecule has 1 atom stereocenters. The first-order valence-electron chi connectivity index (χ1n) is 5.73. The van der Waals surface area contributed by atoms with E-state index in [2.05, 4.69) is 0 Å². The summed E-state index contributed by atoms with van der Waals surface area (Å²) in [7, 11) is 2.86. The van der Waals surface area contributed by atoms with Gasteiger partial charge in [-0.2, -0.15) is 13.2 Å². The lowest BCUT2D eigenvalue weighted by atomic mass is 9.96. The van der Waals surface area contributed by atoms with Crippen molar-refractivity contribution in [1.29, 1.82) is 0 Å². The number of halogens is 3. The zero-order valence-electron chi connectivity index (χ0n) is 11.0. The lowest BCUT2D eigenvalue weighted by molar-refractivity contribution is -0.169. The maximum Gasteiger partial charge on any atom is 0.416 e. The number of rotatable bonds is 4. The van der Waals surface area contributed by atoms with E-state index in [1.165, 1.54) is 26.3 Å². The Labute approximate surface area is 109 Å². The minimum absolute atomic E-state index is 0.174. The van der Waals surface area contributed by atoms with Crippen molar-refractivity contribution in [3.63, 3.8) is 0 Å². The SMILES string of the molecule is CON(C)C(=O)CC(C)c1ccc(C(F)(F)F)cc1. The third-order valence-corrected chi connectivity index (χ3v) is 2.91. The molecule has 0 aromatic heterocycles. The number of carbonyl (C=O) groups excluding carboxylic acids is 1. The molecule has 0 saturated carbocycles. The third-order valence-electron chi connectivity index (χ3n) is 2.91. The highest BCUT2D eigenvalue weighted by molar-refractivity contribution is 5.75. The van der Waals surface area contributed by atoms with E-state index in [9.17, 15) is 18.0 Å². The molecule has 0 heterocycles. The Morgan fingerprint density at radius 1 is 1.32 bits per heavy atom. The summed E-state index contributed by atoms with van der Waals surface area (Å²) in [6.45, 7) is 1.78. The molecule has 1 aromatic carbocycles. The molecule has 0 N–H and O–H groups in total. The van der Waals surface area contributed by atoms with Crippen LogP contribution in [-0.2, 0) is 15.8 Å². The second kappa shape index (κ2) is 6.06. The summed E-state index contributed by atoms with van der Waals surface area (Å²) in [5.41, 5.74) is -0.00496. The Morgan fingerprint density at radius 2 is 1.84 bits per heavy atom. The normalized spacial score (nSPS) is 13.2. The van der Waals surface area contributed by atoms with Crippen LogP contribution in [0.2, 0.25) is 0 Å². The van der Waals surface area contributed by atoms with Crippen LogP contribution in [0, 0.1) is 0 Å². The van der Waals surface area contributed by atoms with Crippen molar-refractivity contribution in [2.45, 2.75) is 25.4 Å². The smallest absolute Gasteiger partial charge is 0.275 e. The molecule has 0 radical (unpaired) electrons. The van der Waals surface area contributed by atoms with Crippen molar-refractivity contribution < 1.29 is 22.8 Å². The highest BCUT2D eigenvalue weighted by Crippen LogP contribution is 2.30. The fourth-order valence-corrected chi connectivity index (χ4v) is 1.61. The van der Waals surface area contributed by atoms with Crippen LogP contribution in [0.3, 0.4) is 0 Å². The predicted molar refractivity (Wildman–Crippen MR) is 64.3 cm³/mol. The summed E-state index contributed by atoms with van der Waals surface area (Å²) in [6, 6.07) is 4.84. The number of nitrogens with zero attached hydrogens (tertiary/aromatic N) is 1. The second-order valence-corrected chi connectivity index (χ2v) is 4.30. The Balaban J connectivity index is 2.73. The van der Waals surface area contributed by atoms with Gasteiger partial charge in [0.15, 0.2) is 0 Å². The molecule has 1 unspecified atom stereocenters. The van der Waals surface area contributed by atoms with Crippen LogP contribution in [0.15, 0.2) is 24.3 Å². The molecule has 0 spiro atoms. The molecule has 1 aromatic rings. The lowest BCUT2D eigenvalue weighted by Gasteiger charge is -2.17. The van der Waals surface area contributed by atoms with Crippen molar-refractivity contribution in [2.75, 3.05) is 14.2 Å². The number of alkyl halides is 3. The molecule has 0 bridgehead atoms. The molecule has 0 fully saturated rings. The van der Waals surface area contributed by atoms with Gasteiger partial charge in [0.25, 0.3) is 0 Å². The van der Waals surface area contributed by atoms with Gasteiger partial charge >= 0.3 is 6.18 Å². The number of carbonyl (C=O) groups is 1. The molecular weight excluding hydrogens is 259 g/mol. The highest BCUT2D eigenvalue weighted by Gasteiger charge is 2.30. The molecule has 1 amide bonds. The van der Waals surface area contributed by atoms with Gasteiger partial charge in [-0.25, -0.2) is 5.06 Å². The summed E-state index contributed by atoms with van der Waals surface area (Å²) >= 11 is 0. The van der Waals surface area contributed by atoms with Crippen molar-refractivity contribution in [2.24, 2.45) is 0 Å². The molecule has 6 heteroatoms. The van der Waals surface area contributed by atoms with Crippen LogP contribution < -0.4 is 0 Å². The van der Waals surface area contributed by atoms with Crippen molar-refractivity contribution in [3.05, 3.63) is 35.4 Å².